The molecule has 1 aromatic carbocycles. The molecule has 156 valence electrons. The molecule has 2 aliphatic heterocycles. The summed E-state index contributed by atoms with van der Waals surface area (Å²) in [5, 5.41) is 6.27. The number of nitrogens with one attached hydrogen (secondary N) is 2. The molecule has 0 bridgehead atoms. The minimum absolute atomic E-state index is 0.00147. The van der Waals surface area contributed by atoms with Crippen molar-refractivity contribution in [2.24, 2.45) is 0 Å². The number of hydrogen-bond donors (Lipinski definition) is 2. The van der Waals surface area contributed by atoms with E-state index in [9.17, 15) is 14.4 Å². The number of amides is 3. The quantitative estimate of drug-likeness (QED) is 0.562. The fraction of sp³-hybridized carbons (Fsp3) is 0.591. The Kier molecular flexibility index (Phi) is 6.25. The van der Waals surface area contributed by atoms with Crippen LogP contribution in [0, 0.1) is 0 Å². The van der Waals surface area contributed by atoms with Crippen LogP contribution in [0.3, 0.4) is 0 Å². The van der Waals surface area contributed by atoms with Gasteiger partial charge in [0.25, 0.3) is 17.7 Å². The van der Waals surface area contributed by atoms with Crippen LogP contribution in [0.1, 0.15) is 69.6 Å². The Balaban J connectivity index is 1.34. The lowest BCUT2D eigenvalue weighted by atomic mass is 9.94. The zero-order chi connectivity index (χ0) is 20.2. The Morgan fingerprint density at radius 2 is 1.76 bits per heavy atom. The third kappa shape index (κ3) is 4.36. The van der Waals surface area contributed by atoms with E-state index in [1.165, 1.54) is 11.3 Å². The topological polar surface area (TPSA) is 81.8 Å². The summed E-state index contributed by atoms with van der Waals surface area (Å²) in [5.41, 5.74) is 1.24. The van der Waals surface area contributed by atoms with Crippen LogP contribution in [-0.4, -0.2) is 72.8 Å². The minimum atomic E-state index is -0.245. The molecule has 2 N–H and O–H groups in total. The molecule has 0 spiro atoms. The molecule has 0 radical (unpaired) electrons. The number of carbonyl (C=O) groups is 3. The van der Waals surface area contributed by atoms with E-state index in [2.05, 4.69) is 15.5 Å². The first-order valence-electron chi connectivity index (χ1n) is 10.9. The molecular formula is C22H30N4O3. The average molecular weight is 399 g/mol. The number of benzene rings is 1. The summed E-state index contributed by atoms with van der Waals surface area (Å²) in [5.74, 6) is -0.644. The number of piperazine rings is 1. The van der Waals surface area contributed by atoms with Crippen molar-refractivity contribution in [2.75, 3.05) is 39.3 Å². The van der Waals surface area contributed by atoms with E-state index in [4.69, 9.17) is 0 Å². The highest BCUT2D eigenvalue weighted by molar-refractivity contribution is 6.22. The van der Waals surface area contributed by atoms with Crippen LogP contribution in [-0.2, 0) is 0 Å². The van der Waals surface area contributed by atoms with Crippen LogP contribution in [0.5, 0.6) is 0 Å². The summed E-state index contributed by atoms with van der Waals surface area (Å²) < 4.78 is 0. The summed E-state index contributed by atoms with van der Waals surface area (Å²) >= 11 is 0. The van der Waals surface area contributed by atoms with Gasteiger partial charge in [-0.2, -0.15) is 0 Å². The molecule has 1 saturated heterocycles. The van der Waals surface area contributed by atoms with Gasteiger partial charge in [-0.05, 0) is 44.0 Å². The molecule has 1 aliphatic carbocycles. The number of nitrogens with zero attached hydrogens (tertiary/aromatic N) is 2. The van der Waals surface area contributed by atoms with E-state index >= 15 is 0 Å². The van der Waals surface area contributed by atoms with Gasteiger partial charge >= 0.3 is 0 Å². The largest absolute Gasteiger partial charge is 0.352 e. The molecule has 0 atom stereocenters. The maximum absolute atomic E-state index is 12.9. The molecule has 7 heteroatoms. The lowest BCUT2D eigenvalue weighted by molar-refractivity contribution is 0.0549. The van der Waals surface area contributed by atoms with Gasteiger partial charge in [-0.3, -0.25) is 19.3 Å². The van der Waals surface area contributed by atoms with Gasteiger partial charge in [0.05, 0.1) is 11.1 Å². The normalized spacial score (nSPS) is 20.8. The van der Waals surface area contributed by atoms with E-state index in [1.807, 2.05) is 0 Å². The number of fused-ring (bicyclic) bond motifs is 1. The van der Waals surface area contributed by atoms with E-state index in [-0.39, 0.29) is 23.8 Å². The molecule has 3 amide bonds. The van der Waals surface area contributed by atoms with Gasteiger partial charge < -0.3 is 15.5 Å². The molecule has 1 aromatic rings. The first-order chi connectivity index (χ1) is 14.1. The second-order valence-electron chi connectivity index (χ2n) is 8.23. The summed E-state index contributed by atoms with van der Waals surface area (Å²) in [6, 6.07) is 4.87. The van der Waals surface area contributed by atoms with Crippen molar-refractivity contribution in [3.05, 3.63) is 34.9 Å². The second kappa shape index (κ2) is 9.05. The average Bonchev–Trinajstić information content (AvgIpc) is 3.02. The van der Waals surface area contributed by atoms with Crippen molar-refractivity contribution in [2.45, 2.75) is 44.6 Å². The zero-order valence-corrected chi connectivity index (χ0v) is 16.9. The highest BCUT2D eigenvalue weighted by Crippen LogP contribution is 2.31. The summed E-state index contributed by atoms with van der Waals surface area (Å²) in [6.07, 6.45) is 5.93. The third-order valence-corrected chi connectivity index (χ3v) is 6.27. The van der Waals surface area contributed by atoms with Gasteiger partial charge in [0.2, 0.25) is 0 Å². The molecule has 0 unspecified atom stereocenters. The minimum Gasteiger partial charge on any atom is -0.352 e. The van der Waals surface area contributed by atoms with Crippen molar-refractivity contribution in [3.63, 3.8) is 0 Å². The number of hydrogen-bond acceptors (Lipinski definition) is 5. The molecular weight excluding hydrogens is 368 g/mol. The molecule has 1 saturated carbocycles. The van der Waals surface area contributed by atoms with Gasteiger partial charge in [0.1, 0.15) is 0 Å². The standard InChI is InChI=1S/C22H30N4O3/c27-20(24-9-4-12-25-13-10-23-11-14-25)16-7-8-18-19(15-16)22(29)26(21(18)28)17-5-2-1-3-6-17/h7-8,15,17,23H,1-6,9-14H2,(H,24,27). The van der Waals surface area contributed by atoms with E-state index < -0.39 is 0 Å². The van der Waals surface area contributed by atoms with Crippen LogP contribution < -0.4 is 10.6 Å². The molecule has 29 heavy (non-hydrogen) atoms. The van der Waals surface area contributed by atoms with E-state index in [1.54, 1.807) is 18.2 Å². The molecule has 2 heterocycles. The molecule has 4 rings (SSSR count). The Morgan fingerprint density at radius 1 is 1.03 bits per heavy atom. The first kappa shape index (κ1) is 20.0. The van der Waals surface area contributed by atoms with Crippen LogP contribution in [0.15, 0.2) is 18.2 Å². The van der Waals surface area contributed by atoms with Gasteiger partial charge in [-0.25, -0.2) is 0 Å². The Morgan fingerprint density at radius 3 is 2.52 bits per heavy atom. The van der Waals surface area contributed by atoms with Crippen molar-refractivity contribution in [1.29, 1.82) is 0 Å². The van der Waals surface area contributed by atoms with Gasteiger partial charge in [-0.1, -0.05) is 19.3 Å². The van der Waals surface area contributed by atoms with Gasteiger partial charge in [0.15, 0.2) is 0 Å². The zero-order valence-electron chi connectivity index (χ0n) is 16.9. The Bertz CT molecular complexity index is 782. The summed E-state index contributed by atoms with van der Waals surface area (Å²) in [7, 11) is 0. The second-order valence-corrected chi connectivity index (χ2v) is 8.23. The Labute approximate surface area is 171 Å². The number of carbonyl (C=O) groups excluding carboxylic acids is 3. The first-order valence-corrected chi connectivity index (χ1v) is 10.9. The fourth-order valence-electron chi connectivity index (χ4n) is 4.61. The Hall–Kier alpha value is -2.25. The predicted molar refractivity (Wildman–Crippen MR) is 110 cm³/mol. The monoisotopic (exact) mass is 398 g/mol. The smallest absolute Gasteiger partial charge is 0.261 e. The van der Waals surface area contributed by atoms with E-state index in [0.29, 0.717) is 23.2 Å². The van der Waals surface area contributed by atoms with Crippen molar-refractivity contribution in [3.8, 4) is 0 Å². The van der Waals surface area contributed by atoms with Crippen LogP contribution in [0.25, 0.3) is 0 Å². The van der Waals surface area contributed by atoms with Crippen molar-refractivity contribution < 1.29 is 14.4 Å². The highest BCUT2D eigenvalue weighted by Gasteiger charge is 2.40. The summed E-state index contributed by atoms with van der Waals surface area (Å²) in [4.78, 5) is 42.0. The molecule has 7 nitrogen and oxygen atoms in total. The SMILES string of the molecule is O=C(NCCCN1CCNCC1)c1ccc2c(c1)C(=O)N(C1CCCCC1)C2=O. The lowest BCUT2D eigenvalue weighted by Gasteiger charge is -2.29. The lowest BCUT2D eigenvalue weighted by Crippen LogP contribution is -2.44. The highest BCUT2D eigenvalue weighted by atomic mass is 16.2. The van der Waals surface area contributed by atoms with Crippen LogP contribution in [0.2, 0.25) is 0 Å². The van der Waals surface area contributed by atoms with Crippen LogP contribution >= 0.6 is 0 Å². The molecule has 3 aliphatic rings. The maximum Gasteiger partial charge on any atom is 0.261 e. The van der Waals surface area contributed by atoms with Crippen LogP contribution in [0.4, 0.5) is 0 Å². The predicted octanol–water partition coefficient (Wildman–Crippen LogP) is 1.64. The van der Waals surface area contributed by atoms with Crippen molar-refractivity contribution in [1.82, 2.24) is 20.4 Å². The van der Waals surface area contributed by atoms with E-state index in [0.717, 1.165) is 64.8 Å². The number of rotatable bonds is 6. The van der Waals surface area contributed by atoms with Gasteiger partial charge in [-0.15, -0.1) is 0 Å². The van der Waals surface area contributed by atoms with Gasteiger partial charge in [0, 0.05) is 44.3 Å². The maximum atomic E-state index is 12.9. The fourth-order valence-corrected chi connectivity index (χ4v) is 4.61. The third-order valence-electron chi connectivity index (χ3n) is 6.27. The molecule has 0 aromatic heterocycles. The molecule has 2 fully saturated rings. The van der Waals surface area contributed by atoms with Crippen molar-refractivity contribution >= 4 is 17.7 Å². The summed E-state index contributed by atoms with van der Waals surface area (Å²) in [6.45, 7) is 5.70. The number of imide groups is 1.